The molecular formula is C7H10N4S. The van der Waals surface area contributed by atoms with Gasteiger partial charge in [-0.15, -0.1) is 11.3 Å². The third-order valence-corrected chi connectivity index (χ3v) is 2.50. The fourth-order valence-corrected chi connectivity index (χ4v) is 1.95. The average Bonchev–Trinajstić information content (AvgIpc) is 2.52. The summed E-state index contributed by atoms with van der Waals surface area (Å²) in [6.07, 6.45) is 2.42. The van der Waals surface area contributed by atoms with E-state index in [2.05, 4.69) is 15.5 Å². The van der Waals surface area contributed by atoms with Crippen LogP contribution in [0, 0.1) is 0 Å². The number of thiazole rings is 1. The second-order valence-electron chi connectivity index (χ2n) is 2.86. The summed E-state index contributed by atoms with van der Waals surface area (Å²) in [4.78, 5) is 5.01. The van der Waals surface area contributed by atoms with E-state index in [1.807, 2.05) is 11.4 Å². The van der Waals surface area contributed by atoms with Gasteiger partial charge in [0.05, 0.1) is 5.69 Å². The number of hydrogen-bond donors (Lipinski definition) is 1. The highest BCUT2D eigenvalue weighted by molar-refractivity contribution is 7.15. The molecule has 2 aromatic heterocycles. The summed E-state index contributed by atoms with van der Waals surface area (Å²) in [6, 6.07) is 0.173. The van der Waals surface area contributed by atoms with Gasteiger partial charge in [-0.3, -0.25) is 0 Å². The minimum absolute atomic E-state index is 0.173. The minimum atomic E-state index is 0.173. The predicted molar refractivity (Wildman–Crippen MR) is 48.2 cm³/mol. The summed E-state index contributed by atoms with van der Waals surface area (Å²) in [5, 5.41) is 6.15. The van der Waals surface area contributed by atoms with Crippen molar-refractivity contribution in [2.24, 2.45) is 5.73 Å². The molecule has 0 aliphatic heterocycles. The van der Waals surface area contributed by atoms with Crippen molar-refractivity contribution < 1.29 is 0 Å². The van der Waals surface area contributed by atoms with E-state index in [0.29, 0.717) is 0 Å². The quantitative estimate of drug-likeness (QED) is 0.743. The third kappa shape index (κ3) is 1.21. The highest BCUT2D eigenvalue weighted by Crippen LogP contribution is 2.13. The van der Waals surface area contributed by atoms with Gasteiger partial charge in [-0.05, 0) is 6.92 Å². The molecule has 1 unspecified atom stereocenters. The summed E-state index contributed by atoms with van der Waals surface area (Å²) in [6.45, 7) is 1.99. The van der Waals surface area contributed by atoms with Gasteiger partial charge in [-0.1, -0.05) is 0 Å². The topological polar surface area (TPSA) is 56.2 Å². The van der Waals surface area contributed by atoms with Crippen LogP contribution >= 0.6 is 11.3 Å². The molecule has 2 N–H and O–H groups in total. The Labute approximate surface area is 74.0 Å². The lowest BCUT2D eigenvalue weighted by molar-refractivity contribution is 0.703. The summed E-state index contributed by atoms with van der Waals surface area (Å²) < 4.78 is 1.84. The van der Waals surface area contributed by atoms with Crippen LogP contribution in [-0.4, -0.2) is 20.6 Å². The van der Waals surface area contributed by atoms with Gasteiger partial charge in [0.25, 0.3) is 0 Å². The molecule has 0 aliphatic rings. The van der Waals surface area contributed by atoms with Crippen LogP contribution in [0.5, 0.6) is 0 Å². The van der Waals surface area contributed by atoms with E-state index < -0.39 is 0 Å². The molecule has 2 heterocycles. The Morgan fingerprint density at radius 1 is 1.75 bits per heavy atom. The Bertz CT molecular complexity index is 375. The van der Waals surface area contributed by atoms with Crippen LogP contribution < -0.4 is 5.73 Å². The van der Waals surface area contributed by atoms with E-state index in [1.165, 1.54) is 0 Å². The van der Waals surface area contributed by atoms with E-state index >= 15 is 0 Å². The van der Waals surface area contributed by atoms with E-state index in [4.69, 9.17) is 5.73 Å². The first-order valence-electron chi connectivity index (χ1n) is 3.79. The normalized spacial score (nSPS) is 13.8. The molecule has 0 aromatic carbocycles. The smallest absolute Gasteiger partial charge is 0.212 e. The van der Waals surface area contributed by atoms with Crippen LogP contribution in [0.1, 0.15) is 12.6 Å². The van der Waals surface area contributed by atoms with Gasteiger partial charge in [0.15, 0.2) is 0 Å². The molecule has 0 saturated carbocycles. The Kier molecular flexibility index (Phi) is 1.82. The highest BCUT2D eigenvalue weighted by atomic mass is 32.1. The number of nitrogens with zero attached hydrogens (tertiary/aromatic N) is 3. The predicted octanol–water partition coefficient (Wildman–Crippen LogP) is 0.680. The van der Waals surface area contributed by atoms with Crippen molar-refractivity contribution in [3.8, 4) is 0 Å². The summed E-state index contributed by atoms with van der Waals surface area (Å²) in [5.41, 5.74) is 6.83. The van der Waals surface area contributed by atoms with Crippen LogP contribution in [0.4, 0.5) is 0 Å². The third-order valence-electron chi connectivity index (χ3n) is 1.62. The van der Waals surface area contributed by atoms with Crippen LogP contribution in [0.3, 0.4) is 0 Å². The average molecular weight is 182 g/mol. The standard InChI is InChI=1S/C7H10N4S/c1-5(8)2-6-3-12-7-9-4-10-11(6)7/h3-5H,2,8H2,1H3. The first kappa shape index (κ1) is 7.70. The maximum Gasteiger partial charge on any atom is 0.212 e. The van der Waals surface area contributed by atoms with Crippen LogP contribution in [-0.2, 0) is 6.42 Å². The maximum absolute atomic E-state index is 5.69. The fraction of sp³-hybridized carbons (Fsp3) is 0.429. The van der Waals surface area contributed by atoms with E-state index in [0.717, 1.165) is 17.1 Å². The van der Waals surface area contributed by atoms with Crippen LogP contribution in [0.2, 0.25) is 0 Å². The van der Waals surface area contributed by atoms with Gasteiger partial charge < -0.3 is 5.73 Å². The summed E-state index contributed by atoms with van der Waals surface area (Å²) >= 11 is 1.60. The molecule has 0 saturated heterocycles. The van der Waals surface area contributed by atoms with Gasteiger partial charge in [0.2, 0.25) is 4.96 Å². The maximum atomic E-state index is 5.69. The number of nitrogens with two attached hydrogens (primary N) is 1. The van der Waals surface area contributed by atoms with Gasteiger partial charge >= 0.3 is 0 Å². The van der Waals surface area contributed by atoms with E-state index in [1.54, 1.807) is 17.7 Å². The number of aromatic nitrogens is 3. The largest absolute Gasteiger partial charge is 0.328 e. The number of fused-ring (bicyclic) bond motifs is 1. The molecule has 0 aliphatic carbocycles. The SMILES string of the molecule is CC(N)Cc1csc2ncnn12. The zero-order chi connectivity index (χ0) is 8.55. The van der Waals surface area contributed by atoms with Crippen molar-refractivity contribution in [1.82, 2.24) is 14.6 Å². The molecule has 4 nitrogen and oxygen atoms in total. The molecule has 2 rings (SSSR count). The molecule has 0 bridgehead atoms. The Hall–Kier alpha value is -0.940. The molecule has 2 aromatic rings. The zero-order valence-corrected chi connectivity index (χ0v) is 7.58. The van der Waals surface area contributed by atoms with Crippen LogP contribution in [0.15, 0.2) is 11.7 Å². The number of hydrogen-bond acceptors (Lipinski definition) is 4. The number of rotatable bonds is 2. The van der Waals surface area contributed by atoms with E-state index in [-0.39, 0.29) is 6.04 Å². The second-order valence-corrected chi connectivity index (χ2v) is 3.70. The van der Waals surface area contributed by atoms with Gasteiger partial charge in [-0.2, -0.15) is 5.10 Å². The monoisotopic (exact) mass is 182 g/mol. The molecule has 1 atom stereocenters. The van der Waals surface area contributed by atoms with Crippen molar-refractivity contribution in [2.75, 3.05) is 0 Å². The Balaban J connectivity index is 2.40. The molecular weight excluding hydrogens is 172 g/mol. The van der Waals surface area contributed by atoms with Gasteiger partial charge in [0.1, 0.15) is 6.33 Å². The van der Waals surface area contributed by atoms with Crippen molar-refractivity contribution in [3.05, 3.63) is 17.4 Å². The Morgan fingerprint density at radius 2 is 2.58 bits per heavy atom. The van der Waals surface area contributed by atoms with Crippen molar-refractivity contribution in [1.29, 1.82) is 0 Å². The lowest BCUT2D eigenvalue weighted by Crippen LogP contribution is -2.18. The molecule has 5 heteroatoms. The Morgan fingerprint density at radius 3 is 3.33 bits per heavy atom. The van der Waals surface area contributed by atoms with Crippen LogP contribution in [0.25, 0.3) is 4.96 Å². The molecule has 0 amide bonds. The van der Waals surface area contributed by atoms with Gasteiger partial charge in [-0.25, -0.2) is 9.50 Å². The minimum Gasteiger partial charge on any atom is -0.328 e. The zero-order valence-electron chi connectivity index (χ0n) is 6.77. The first-order chi connectivity index (χ1) is 5.77. The summed E-state index contributed by atoms with van der Waals surface area (Å²) in [5.74, 6) is 0. The fourth-order valence-electron chi connectivity index (χ4n) is 1.14. The molecule has 12 heavy (non-hydrogen) atoms. The lowest BCUT2D eigenvalue weighted by atomic mass is 10.2. The van der Waals surface area contributed by atoms with Crippen molar-refractivity contribution >= 4 is 16.3 Å². The summed E-state index contributed by atoms with van der Waals surface area (Å²) in [7, 11) is 0. The lowest BCUT2D eigenvalue weighted by Gasteiger charge is -2.01. The van der Waals surface area contributed by atoms with Crippen molar-refractivity contribution in [3.63, 3.8) is 0 Å². The second kappa shape index (κ2) is 2.84. The highest BCUT2D eigenvalue weighted by Gasteiger charge is 2.06. The van der Waals surface area contributed by atoms with Gasteiger partial charge in [0, 0.05) is 17.8 Å². The molecule has 64 valence electrons. The van der Waals surface area contributed by atoms with Crippen molar-refractivity contribution in [2.45, 2.75) is 19.4 Å². The molecule has 0 spiro atoms. The molecule has 0 fully saturated rings. The first-order valence-corrected chi connectivity index (χ1v) is 4.67. The molecule has 0 radical (unpaired) electrons. The van der Waals surface area contributed by atoms with E-state index in [9.17, 15) is 0 Å².